The molecule has 0 unspecified atom stereocenters. The van der Waals surface area contributed by atoms with E-state index in [2.05, 4.69) is 0 Å². The summed E-state index contributed by atoms with van der Waals surface area (Å²) in [4.78, 5) is 12.6. The quantitative estimate of drug-likeness (QED) is 0.583. The number of benzene rings is 2. The van der Waals surface area contributed by atoms with E-state index in [1.165, 1.54) is 22.5 Å². The van der Waals surface area contributed by atoms with Crippen LogP contribution >= 0.6 is 23.2 Å². The van der Waals surface area contributed by atoms with Gasteiger partial charge in [-0.25, -0.2) is 13.2 Å². The lowest BCUT2D eigenvalue weighted by Gasteiger charge is -2.26. The molecule has 1 fully saturated rings. The summed E-state index contributed by atoms with van der Waals surface area (Å²) in [7, 11) is -3.79. The van der Waals surface area contributed by atoms with Crippen LogP contribution in [0.2, 0.25) is 10.0 Å². The molecule has 0 aromatic heterocycles. The number of rotatable bonds is 5. The number of sulfonamides is 1. The Kier molecular flexibility index (Phi) is 6.74. The molecule has 0 N–H and O–H groups in total. The Morgan fingerprint density at radius 1 is 1.10 bits per heavy atom. The van der Waals surface area contributed by atoms with Crippen molar-refractivity contribution >= 4 is 39.2 Å². The van der Waals surface area contributed by atoms with Crippen LogP contribution in [0.4, 0.5) is 0 Å². The number of halogens is 2. The molecule has 7 nitrogen and oxygen atoms in total. The topological polar surface area (TPSA) is 82.1 Å². The first-order valence-corrected chi connectivity index (χ1v) is 12.0. The maximum atomic E-state index is 13.0. The lowest BCUT2D eigenvalue weighted by Crippen LogP contribution is -2.35. The fraction of sp³-hybridized carbons (Fsp3) is 0.381. The van der Waals surface area contributed by atoms with Gasteiger partial charge in [-0.3, -0.25) is 0 Å². The van der Waals surface area contributed by atoms with E-state index in [-0.39, 0.29) is 28.9 Å². The molecule has 10 heteroatoms. The Morgan fingerprint density at radius 2 is 1.87 bits per heavy atom. The lowest BCUT2D eigenvalue weighted by molar-refractivity contribution is -0.0180. The average molecular weight is 486 g/mol. The van der Waals surface area contributed by atoms with E-state index >= 15 is 0 Å². The average Bonchev–Trinajstić information content (AvgIpc) is 2.78. The minimum absolute atomic E-state index is 0.0689. The smallest absolute Gasteiger partial charge is 0.338 e. The highest BCUT2D eigenvalue weighted by Crippen LogP contribution is 2.33. The highest BCUT2D eigenvalue weighted by molar-refractivity contribution is 7.89. The molecule has 2 aromatic rings. The van der Waals surface area contributed by atoms with Gasteiger partial charge in [0.1, 0.15) is 17.3 Å². The van der Waals surface area contributed by atoms with Gasteiger partial charge in [-0.05, 0) is 43.2 Å². The number of hydrogen-bond donors (Lipinski definition) is 0. The second-order valence-corrected chi connectivity index (χ2v) is 10.1. The van der Waals surface area contributed by atoms with Gasteiger partial charge in [0, 0.05) is 29.2 Å². The number of piperidine rings is 1. The van der Waals surface area contributed by atoms with Gasteiger partial charge in [-0.1, -0.05) is 29.6 Å². The van der Waals surface area contributed by atoms with Crippen LogP contribution in [0.3, 0.4) is 0 Å². The summed E-state index contributed by atoms with van der Waals surface area (Å²) < 4.78 is 43.6. The van der Waals surface area contributed by atoms with Crippen molar-refractivity contribution in [3.05, 3.63) is 57.1 Å². The molecule has 0 spiro atoms. The van der Waals surface area contributed by atoms with Gasteiger partial charge in [-0.2, -0.15) is 4.31 Å². The van der Waals surface area contributed by atoms with E-state index in [1.807, 2.05) is 0 Å². The number of carbonyl (C=O) groups excluding carboxylic acids is 1. The summed E-state index contributed by atoms with van der Waals surface area (Å²) in [6.45, 7) is 1.25. The molecule has 31 heavy (non-hydrogen) atoms. The van der Waals surface area contributed by atoms with Crippen LogP contribution in [0.25, 0.3) is 0 Å². The molecule has 0 atom stereocenters. The van der Waals surface area contributed by atoms with Crippen LogP contribution in [-0.2, 0) is 32.7 Å². The minimum Gasteiger partial charge on any atom is -0.467 e. The molecule has 1 saturated heterocycles. The first-order valence-electron chi connectivity index (χ1n) is 9.85. The Labute approximate surface area is 190 Å². The molecule has 2 aromatic carbocycles. The number of fused-ring (bicyclic) bond motifs is 1. The summed E-state index contributed by atoms with van der Waals surface area (Å²) in [6, 6.07) is 7.51. The van der Waals surface area contributed by atoms with Crippen molar-refractivity contribution in [2.75, 3.05) is 19.9 Å². The first kappa shape index (κ1) is 22.4. The largest absolute Gasteiger partial charge is 0.467 e. The van der Waals surface area contributed by atoms with E-state index in [4.69, 9.17) is 37.4 Å². The third-order valence-corrected chi connectivity index (χ3v) is 7.81. The predicted octanol–water partition coefficient (Wildman–Crippen LogP) is 4.39. The maximum absolute atomic E-state index is 13.0. The Morgan fingerprint density at radius 3 is 2.65 bits per heavy atom. The standard InChI is InChI=1S/C21H21Cl2NO6S/c22-17-8-15-11-28-13-30-20(15)16(9-17)12-29-21(25)14-4-5-18(23)19(10-14)31(26,27)24-6-2-1-3-7-24/h4-5,8-10H,1-3,6-7,11-13H2. The number of esters is 1. The van der Waals surface area contributed by atoms with E-state index in [0.29, 0.717) is 36.0 Å². The van der Waals surface area contributed by atoms with Gasteiger partial charge in [0.2, 0.25) is 10.0 Å². The molecule has 0 amide bonds. The lowest BCUT2D eigenvalue weighted by atomic mass is 10.1. The molecule has 2 aliphatic rings. The van der Waals surface area contributed by atoms with Crippen molar-refractivity contribution in [3.8, 4) is 5.75 Å². The van der Waals surface area contributed by atoms with Gasteiger partial charge >= 0.3 is 5.97 Å². The summed E-state index contributed by atoms with van der Waals surface area (Å²) in [5, 5.41) is 0.541. The van der Waals surface area contributed by atoms with Crippen LogP contribution in [0, 0.1) is 0 Å². The zero-order valence-electron chi connectivity index (χ0n) is 16.6. The van der Waals surface area contributed by atoms with Crippen LogP contribution < -0.4 is 4.74 Å². The minimum atomic E-state index is -3.79. The van der Waals surface area contributed by atoms with E-state index in [9.17, 15) is 13.2 Å². The molecule has 2 heterocycles. The van der Waals surface area contributed by atoms with E-state index in [0.717, 1.165) is 24.8 Å². The molecule has 0 aliphatic carbocycles. The molecule has 4 rings (SSSR count). The van der Waals surface area contributed by atoms with Crippen LogP contribution in [0.15, 0.2) is 35.2 Å². The number of nitrogens with zero attached hydrogens (tertiary/aromatic N) is 1. The van der Waals surface area contributed by atoms with Crippen molar-refractivity contribution < 1.29 is 27.4 Å². The van der Waals surface area contributed by atoms with Crippen LogP contribution in [-0.4, -0.2) is 38.6 Å². The van der Waals surface area contributed by atoms with Gasteiger partial charge < -0.3 is 14.2 Å². The van der Waals surface area contributed by atoms with Crippen molar-refractivity contribution in [2.45, 2.75) is 37.4 Å². The number of ether oxygens (including phenoxy) is 3. The second kappa shape index (κ2) is 9.34. The molecular formula is C21H21Cl2NO6S. The normalized spacial score (nSPS) is 17.0. The van der Waals surface area contributed by atoms with Gasteiger partial charge in [-0.15, -0.1) is 0 Å². The molecule has 166 valence electrons. The Bertz CT molecular complexity index is 1100. The summed E-state index contributed by atoms with van der Waals surface area (Å²) in [6.07, 6.45) is 2.60. The van der Waals surface area contributed by atoms with Crippen molar-refractivity contribution in [1.29, 1.82) is 0 Å². The van der Waals surface area contributed by atoms with Gasteiger partial charge in [0.15, 0.2) is 6.79 Å². The number of hydrogen-bond acceptors (Lipinski definition) is 6. The van der Waals surface area contributed by atoms with Crippen LogP contribution in [0.1, 0.15) is 40.7 Å². The maximum Gasteiger partial charge on any atom is 0.338 e. The third-order valence-electron chi connectivity index (χ3n) is 5.21. The number of carbonyl (C=O) groups is 1. The van der Waals surface area contributed by atoms with Gasteiger partial charge in [0.25, 0.3) is 0 Å². The zero-order valence-corrected chi connectivity index (χ0v) is 18.9. The summed E-state index contributed by atoms with van der Waals surface area (Å²) >= 11 is 12.3. The SMILES string of the molecule is O=C(OCc1cc(Cl)cc2c1OCOC2)c1ccc(Cl)c(S(=O)(=O)N2CCCCC2)c1. The molecule has 0 saturated carbocycles. The highest BCUT2D eigenvalue weighted by Gasteiger charge is 2.29. The third kappa shape index (κ3) is 4.83. The van der Waals surface area contributed by atoms with Crippen molar-refractivity contribution in [3.63, 3.8) is 0 Å². The second-order valence-electron chi connectivity index (χ2n) is 7.35. The predicted molar refractivity (Wildman–Crippen MR) is 115 cm³/mol. The van der Waals surface area contributed by atoms with Crippen LogP contribution in [0.5, 0.6) is 5.75 Å². The first-order chi connectivity index (χ1) is 14.9. The fourth-order valence-electron chi connectivity index (χ4n) is 3.66. The molecule has 2 aliphatic heterocycles. The van der Waals surface area contributed by atoms with Crippen molar-refractivity contribution in [1.82, 2.24) is 4.31 Å². The molecule has 0 bridgehead atoms. The summed E-state index contributed by atoms with van der Waals surface area (Å²) in [5.74, 6) is -0.0968. The Balaban J connectivity index is 1.54. The van der Waals surface area contributed by atoms with Crippen molar-refractivity contribution in [2.24, 2.45) is 0 Å². The highest BCUT2D eigenvalue weighted by atomic mass is 35.5. The zero-order chi connectivity index (χ0) is 22.0. The monoisotopic (exact) mass is 485 g/mol. The van der Waals surface area contributed by atoms with Gasteiger partial charge in [0.05, 0.1) is 17.2 Å². The summed E-state index contributed by atoms with van der Waals surface area (Å²) in [5.41, 5.74) is 1.47. The van der Waals surface area contributed by atoms with E-state index in [1.54, 1.807) is 12.1 Å². The fourth-order valence-corrected chi connectivity index (χ4v) is 5.94. The van der Waals surface area contributed by atoms with E-state index < -0.39 is 16.0 Å². The Hall–Kier alpha value is -1.84. The molecular weight excluding hydrogens is 465 g/mol. The molecule has 0 radical (unpaired) electrons.